The Balaban J connectivity index is 0.000000494. The Bertz CT molecular complexity index is 356. The monoisotopic (exact) mass is 295 g/mol. The number of aryl methyl sites for hydroxylation is 1. The molecule has 0 atom stereocenters. The number of halogens is 1. The highest BCUT2D eigenvalue weighted by Gasteiger charge is 2.04. The molecule has 18 heavy (non-hydrogen) atoms. The zero-order chi connectivity index (χ0) is 14.2. The van der Waals surface area contributed by atoms with Gasteiger partial charge in [-0.25, -0.2) is 4.98 Å². The lowest BCUT2D eigenvalue weighted by Gasteiger charge is -2.03. The Morgan fingerprint density at radius 3 is 2.50 bits per heavy atom. The lowest BCUT2D eigenvalue weighted by molar-refractivity contribution is -0.143. The molecule has 0 unspecified atom stereocenters. The highest BCUT2D eigenvalue weighted by molar-refractivity contribution is 7.15. The molecule has 0 aliphatic carbocycles. The van der Waals surface area contributed by atoms with Crippen LogP contribution in [0, 0.1) is 0 Å². The minimum atomic E-state index is -1.50. The number of thiazole rings is 1. The summed E-state index contributed by atoms with van der Waals surface area (Å²) < 4.78 is 5.30. The van der Waals surface area contributed by atoms with Gasteiger partial charge in [-0.1, -0.05) is 11.6 Å². The van der Waals surface area contributed by atoms with E-state index in [-0.39, 0.29) is 5.97 Å². The molecule has 0 spiro atoms. The Labute approximate surface area is 115 Å². The van der Waals surface area contributed by atoms with Gasteiger partial charge in [0.05, 0.1) is 13.0 Å². The van der Waals surface area contributed by atoms with Crippen molar-refractivity contribution in [3.63, 3.8) is 0 Å². The van der Waals surface area contributed by atoms with Gasteiger partial charge in [-0.15, -0.1) is 11.3 Å². The van der Waals surface area contributed by atoms with Crippen LogP contribution in [-0.2, 0) is 16.0 Å². The van der Waals surface area contributed by atoms with E-state index in [2.05, 4.69) is 4.98 Å². The van der Waals surface area contributed by atoms with E-state index in [9.17, 15) is 4.79 Å². The zero-order valence-corrected chi connectivity index (χ0v) is 12.2. The summed E-state index contributed by atoms with van der Waals surface area (Å²) in [5.41, 5.74) is 0. The summed E-state index contributed by atoms with van der Waals surface area (Å²) >= 11 is 7.02. The van der Waals surface area contributed by atoms with Gasteiger partial charge in [-0.05, 0) is 27.2 Å². The van der Waals surface area contributed by atoms with E-state index < -0.39 is 5.79 Å². The number of hydrogen-bond acceptors (Lipinski definition) is 6. The lowest BCUT2D eigenvalue weighted by Crippen LogP contribution is -2.15. The molecule has 5 nitrogen and oxygen atoms in total. The van der Waals surface area contributed by atoms with Gasteiger partial charge >= 0.3 is 5.97 Å². The molecule has 0 radical (unpaired) electrons. The largest absolute Gasteiger partial charge is 0.466 e. The first-order chi connectivity index (χ1) is 8.22. The fraction of sp³-hybridized carbons (Fsp3) is 0.636. The van der Waals surface area contributed by atoms with E-state index in [1.54, 1.807) is 13.1 Å². The summed E-state index contributed by atoms with van der Waals surface area (Å²) in [5.74, 6) is -1.67. The molecular formula is C11H18ClNO4S. The van der Waals surface area contributed by atoms with Gasteiger partial charge in [0.2, 0.25) is 0 Å². The third-order valence-corrected chi connectivity index (χ3v) is 2.58. The van der Waals surface area contributed by atoms with Gasteiger partial charge in [0.25, 0.3) is 0 Å². The van der Waals surface area contributed by atoms with Crippen molar-refractivity contribution in [1.29, 1.82) is 0 Å². The fourth-order valence-corrected chi connectivity index (χ4v) is 1.84. The molecule has 0 aromatic carbocycles. The normalized spacial score (nSPS) is 10.6. The highest BCUT2D eigenvalue weighted by atomic mass is 35.5. The predicted octanol–water partition coefficient (Wildman–Crippen LogP) is 2.00. The van der Waals surface area contributed by atoms with Crippen molar-refractivity contribution in [3.05, 3.63) is 15.5 Å². The first-order valence-electron chi connectivity index (χ1n) is 5.43. The molecule has 1 rings (SSSR count). The number of aromatic nitrogens is 1. The van der Waals surface area contributed by atoms with E-state index in [1.807, 2.05) is 0 Å². The molecular weight excluding hydrogens is 278 g/mol. The molecule has 1 aromatic heterocycles. The number of esters is 1. The molecule has 104 valence electrons. The summed E-state index contributed by atoms with van der Waals surface area (Å²) in [6, 6.07) is 0. The third-order valence-electron chi connectivity index (χ3n) is 1.41. The van der Waals surface area contributed by atoms with Crippen LogP contribution in [0.5, 0.6) is 0 Å². The molecule has 0 aliphatic rings. The Hall–Kier alpha value is -0.690. The molecule has 2 N–H and O–H groups in total. The van der Waals surface area contributed by atoms with Gasteiger partial charge in [0.1, 0.15) is 0 Å². The Kier molecular flexibility index (Phi) is 8.10. The number of nitrogens with zero attached hydrogens (tertiary/aromatic N) is 1. The van der Waals surface area contributed by atoms with Crippen molar-refractivity contribution in [2.45, 2.75) is 39.4 Å². The lowest BCUT2D eigenvalue weighted by atomic mass is 10.3. The molecule has 0 saturated heterocycles. The Morgan fingerprint density at radius 1 is 1.56 bits per heavy atom. The van der Waals surface area contributed by atoms with Crippen molar-refractivity contribution >= 4 is 28.9 Å². The number of ether oxygens (including phenoxy) is 1. The second-order valence-electron chi connectivity index (χ2n) is 3.88. The topological polar surface area (TPSA) is 79.6 Å². The van der Waals surface area contributed by atoms with Gasteiger partial charge in [-0.3, -0.25) is 4.79 Å². The van der Waals surface area contributed by atoms with Crippen LogP contribution in [-0.4, -0.2) is 33.6 Å². The highest BCUT2D eigenvalue weighted by Crippen LogP contribution is 2.18. The van der Waals surface area contributed by atoms with E-state index >= 15 is 0 Å². The smallest absolute Gasteiger partial charge is 0.306 e. The third kappa shape index (κ3) is 11.8. The molecule has 0 fully saturated rings. The van der Waals surface area contributed by atoms with Crippen molar-refractivity contribution in [3.8, 4) is 0 Å². The first kappa shape index (κ1) is 17.3. The minimum absolute atomic E-state index is 0.174. The molecule has 0 aliphatic heterocycles. The van der Waals surface area contributed by atoms with Gasteiger partial charge in [0, 0.05) is 11.1 Å². The van der Waals surface area contributed by atoms with Crippen LogP contribution >= 0.6 is 22.9 Å². The van der Waals surface area contributed by atoms with Crippen molar-refractivity contribution in [1.82, 2.24) is 4.98 Å². The fourth-order valence-electron chi connectivity index (χ4n) is 0.858. The van der Waals surface area contributed by atoms with Crippen LogP contribution in [0.2, 0.25) is 4.47 Å². The SMILES string of the molecule is CC(C)(O)O.CCOC(=O)CCc1cnc(Cl)s1. The number of rotatable bonds is 4. The number of hydrogen-bond donors (Lipinski definition) is 2. The second-order valence-corrected chi connectivity index (χ2v) is 5.58. The number of carbonyl (C=O) groups is 1. The standard InChI is InChI=1S/C8H10ClNO2S.C3H8O2/c1-2-12-7(11)4-3-6-5-10-8(9)13-6;1-3(2,4)5/h5H,2-4H2,1H3;4-5H,1-2H3. The average Bonchev–Trinajstić information content (AvgIpc) is 2.59. The summed E-state index contributed by atoms with van der Waals surface area (Å²) in [5, 5.41) is 16.2. The summed E-state index contributed by atoms with van der Waals surface area (Å²) in [7, 11) is 0. The van der Waals surface area contributed by atoms with Gasteiger partial charge in [0.15, 0.2) is 10.3 Å². The van der Waals surface area contributed by atoms with Crippen LogP contribution < -0.4 is 0 Å². The van der Waals surface area contributed by atoms with Crippen LogP contribution in [0.1, 0.15) is 32.1 Å². The van der Waals surface area contributed by atoms with E-state index in [0.29, 0.717) is 23.9 Å². The van der Waals surface area contributed by atoms with E-state index in [0.717, 1.165) is 4.88 Å². The predicted molar refractivity (Wildman–Crippen MR) is 70.6 cm³/mol. The number of carbonyl (C=O) groups excluding carboxylic acids is 1. The maximum Gasteiger partial charge on any atom is 0.306 e. The molecule has 0 saturated carbocycles. The molecule has 1 heterocycles. The summed E-state index contributed by atoms with van der Waals surface area (Å²) in [6.45, 7) is 4.82. The van der Waals surface area contributed by atoms with Crippen molar-refractivity contribution in [2.24, 2.45) is 0 Å². The molecule has 0 bridgehead atoms. The zero-order valence-electron chi connectivity index (χ0n) is 10.6. The second kappa shape index (κ2) is 8.42. The molecule has 7 heteroatoms. The van der Waals surface area contributed by atoms with Crippen molar-refractivity contribution < 1.29 is 19.7 Å². The van der Waals surface area contributed by atoms with Crippen LogP contribution in [0.15, 0.2) is 6.20 Å². The molecule has 1 aromatic rings. The van der Waals surface area contributed by atoms with Crippen LogP contribution in [0.3, 0.4) is 0 Å². The maximum atomic E-state index is 11.0. The van der Waals surface area contributed by atoms with Crippen LogP contribution in [0.25, 0.3) is 0 Å². The number of aliphatic hydroxyl groups is 2. The summed E-state index contributed by atoms with van der Waals surface area (Å²) in [4.78, 5) is 15.8. The average molecular weight is 296 g/mol. The first-order valence-corrected chi connectivity index (χ1v) is 6.62. The van der Waals surface area contributed by atoms with E-state index in [4.69, 9.17) is 26.6 Å². The van der Waals surface area contributed by atoms with Gasteiger partial charge in [-0.2, -0.15) is 0 Å². The van der Waals surface area contributed by atoms with Crippen LogP contribution in [0.4, 0.5) is 0 Å². The quantitative estimate of drug-likeness (QED) is 0.656. The minimum Gasteiger partial charge on any atom is -0.466 e. The maximum absolute atomic E-state index is 11.0. The van der Waals surface area contributed by atoms with Crippen molar-refractivity contribution in [2.75, 3.05) is 6.61 Å². The van der Waals surface area contributed by atoms with E-state index in [1.165, 1.54) is 25.2 Å². The summed E-state index contributed by atoms with van der Waals surface area (Å²) in [6.07, 6.45) is 2.74. The Morgan fingerprint density at radius 2 is 2.11 bits per heavy atom. The van der Waals surface area contributed by atoms with Gasteiger partial charge < -0.3 is 14.9 Å². The molecule has 0 amide bonds.